The molecule has 0 aliphatic heterocycles. The number of nitrogens with two attached hydrogens (primary N) is 1. The lowest BCUT2D eigenvalue weighted by Crippen LogP contribution is -2.07. The van der Waals surface area contributed by atoms with Gasteiger partial charge in [-0.25, -0.2) is 0 Å². The molecule has 0 heterocycles. The number of hydrogen-bond acceptors (Lipinski definition) is 2. The monoisotopic (exact) mass is 383 g/mol. The third kappa shape index (κ3) is 6.02. The summed E-state index contributed by atoms with van der Waals surface area (Å²) in [5, 5.41) is 14.5. The number of benzene rings is 4. The van der Waals surface area contributed by atoms with Crippen molar-refractivity contribution in [2.45, 2.75) is 13.3 Å². The molecular weight excluding hydrogens is 354 g/mol. The van der Waals surface area contributed by atoms with Crippen LogP contribution in [0.3, 0.4) is 0 Å². The van der Waals surface area contributed by atoms with E-state index in [-0.39, 0.29) is 12.5 Å². The van der Waals surface area contributed by atoms with Gasteiger partial charge in [-0.3, -0.25) is 0 Å². The van der Waals surface area contributed by atoms with Crippen LogP contribution in [-0.2, 0) is 6.42 Å². The van der Waals surface area contributed by atoms with Gasteiger partial charge in [0.2, 0.25) is 0 Å². The summed E-state index contributed by atoms with van der Waals surface area (Å²) >= 11 is 0. The van der Waals surface area contributed by atoms with Crippen molar-refractivity contribution in [2.75, 3.05) is 13.2 Å². The van der Waals surface area contributed by atoms with Gasteiger partial charge in [-0.15, -0.1) is 0 Å². The largest absolute Gasteiger partial charge is 0.396 e. The number of fused-ring (bicyclic) bond motifs is 2. The molecule has 1 atom stereocenters. The van der Waals surface area contributed by atoms with Crippen LogP contribution in [0.2, 0.25) is 0 Å². The Balaban J connectivity index is 0.000000186. The third-order valence-corrected chi connectivity index (χ3v) is 5.00. The average Bonchev–Trinajstić information content (AvgIpc) is 2.77. The van der Waals surface area contributed by atoms with E-state index in [1.165, 1.54) is 32.7 Å². The summed E-state index contributed by atoms with van der Waals surface area (Å²) in [5.41, 5.74) is 8.00. The summed E-state index contributed by atoms with van der Waals surface area (Å²) < 4.78 is 0. The average molecular weight is 384 g/mol. The maximum atomic E-state index is 9.34. The van der Waals surface area contributed by atoms with Crippen molar-refractivity contribution in [3.63, 3.8) is 0 Å². The molecule has 0 fully saturated rings. The zero-order valence-corrected chi connectivity index (χ0v) is 17.0. The van der Waals surface area contributed by atoms with E-state index in [4.69, 9.17) is 5.73 Å². The van der Waals surface area contributed by atoms with E-state index in [2.05, 4.69) is 79.7 Å². The van der Waals surface area contributed by atoms with E-state index < -0.39 is 0 Å². The minimum Gasteiger partial charge on any atom is -0.396 e. The van der Waals surface area contributed by atoms with Crippen LogP contribution >= 0.6 is 0 Å². The second kappa shape index (κ2) is 10.6. The Morgan fingerprint density at radius 2 is 1.38 bits per heavy atom. The molecule has 0 saturated carbocycles. The van der Waals surface area contributed by atoms with Crippen LogP contribution in [0.1, 0.15) is 11.1 Å². The highest BCUT2D eigenvalue weighted by atomic mass is 16.3. The Bertz CT molecular complexity index is 1080. The number of aliphatic hydroxyl groups excluding tert-OH is 1. The molecule has 2 nitrogen and oxygen atoms in total. The van der Waals surface area contributed by atoms with Gasteiger partial charge in [-0.1, -0.05) is 103 Å². The molecule has 0 bridgehead atoms. The van der Waals surface area contributed by atoms with Crippen molar-refractivity contribution in [3.8, 4) is 0 Å². The summed E-state index contributed by atoms with van der Waals surface area (Å²) in [6.45, 7) is 2.80. The van der Waals surface area contributed by atoms with Gasteiger partial charge in [0, 0.05) is 19.1 Å². The Morgan fingerprint density at radius 3 is 2.00 bits per heavy atom. The molecule has 0 aromatic heterocycles. The minimum atomic E-state index is 0.148. The van der Waals surface area contributed by atoms with Crippen molar-refractivity contribution < 1.29 is 5.11 Å². The first kappa shape index (κ1) is 20.8. The molecule has 4 aromatic rings. The van der Waals surface area contributed by atoms with Crippen LogP contribution in [0.5, 0.6) is 0 Å². The van der Waals surface area contributed by atoms with Crippen LogP contribution in [0.25, 0.3) is 21.5 Å². The Kier molecular flexibility index (Phi) is 7.57. The zero-order valence-electron chi connectivity index (χ0n) is 17.0. The highest BCUT2D eigenvalue weighted by Gasteiger charge is 2.05. The first-order chi connectivity index (χ1) is 14.2. The number of hydrogen-bond donors (Lipinski definition) is 2. The summed E-state index contributed by atoms with van der Waals surface area (Å²) in [7, 11) is 0. The molecule has 0 spiro atoms. The molecule has 0 radical (unpaired) electrons. The van der Waals surface area contributed by atoms with Gasteiger partial charge in [0.15, 0.2) is 0 Å². The summed E-state index contributed by atoms with van der Waals surface area (Å²) in [6.07, 6.45) is 4.74. The topological polar surface area (TPSA) is 46.2 Å². The van der Waals surface area contributed by atoms with E-state index in [1.54, 1.807) is 0 Å². The molecule has 0 saturated heterocycles. The first-order valence-electron chi connectivity index (χ1n) is 10.1. The van der Waals surface area contributed by atoms with E-state index in [0.717, 1.165) is 6.42 Å². The minimum absolute atomic E-state index is 0.148. The molecule has 1 unspecified atom stereocenters. The van der Waals surface area contributed by atoms with Crippen molar-refractivity contribution >= 4 is 21.5 Å². The lowest BCUT2D eigenvalue weighted by molar-refractivity contribution is 0.252. The molecule has 29 heavy (non-hydrogen) atoms. The van der Waals surface area contributed by atoms with E-state index in [0.29, 0.717) is 6.54 Å². The SMILES string of the molecule is Cc1ccc2ccccc2c1.NC/C=C/C(CO)Cc1ccc2ccccc2c1. The van der Waals surface area contributed by atoms with E-state index in [9.17, 15) is 5.11 Å². The molecule has 148 valence electrons. The molecule has 0 aliphatic carbocycles. The van der Waals surface area contributed by atoms with Crippen LogP contribution < -0.4 is 5.73 Å². The normalized spacial score (nSPS) is 12.1. The smallest absolute Gasteiger partial charge is 0.0497 e. The molecule has 4 aromatic carbocycles. The summed E-state index contributed by atoms with van der Waals surface area (Å²) in [5.74, 6) is 0.148. The Morgan fingerprint density at radius 1 is 0.793 bits per heavy atom. The van der Waals surface area contributed by atoms with Crippen LogP contribution in [0.4, 0.5) is 0 Å². The highest BCUT2D eigenvalue weighted by molar-refractivity contribution is 5.83. The van der Waals surface area contributed by atoms with Crippen molar-refractivity contribution in [3.05, 3.63) is 108 Å². The van der Waals surface area contributed by atoms with Crippen molar-refractivity contribution in [1.29, 1.82) is 0 Å². The quantitative estimate of drug-likeness (QED) is 0.437. The Hall–Kier alpha value is -2.94. The first-order valence-corrected chi connectivity index (χ1v) is 10.1. The maximum absolute atomic E-state index is 9.34. The number of aliphatic hydroxyl groups is 1. The van der Waals surface area contributed by atoms with Crippen molar-refractivity contribution in [2.24, 2.45) is 11.7 Å². The molecule has 2 heteroatoms. The second-order valence-electron chi connectivity index (χ2n) is 7.34. The van der Waals surface area contributed by atoms with Gasteiger partial charge in [-0.05, 0) is 40.5 Å². The summed E-state index contributed by atoms with van der Waals surface area (Å²) in [4.78, 5) is 0. The number of aryl methyl sites for hydroxylation is 1. The fourth-order valence-electron chi connectivity index (χ4n) is 3.44. The van der Waals surface area contributed by atoms with E-state index in [1.807, 2.05) is 24.3 Å². The Labute approximate surface area is 173 Å². The van der Waals surface area contributed by atoms with Crippen LogP contribution in [0.15, 0.2) is 97.1 Å². The van der Waals surface area contributed by atoms with Crippen molar-refractivity contribution in [1.82, 2.24) is 0 Å². The van der Waals surface area contributed by atoms with Crippen LogP contribution in [-0.4, -0.2) is 18.3 Å². The zero-order chi connectivity index (χ0) is 20.5. The van der Waals surface area contributed by atoms with Gasteiger partial charge < -0.3 is 10.8 Å². The molecule has 4 rings (SSSR count). The van der Waals surface area contributed by atoms with E-state index >= 15 is 0 Å². The van der Waals surface area contributed by atoms with Gasteiger partial charge in [0.25, 0.3) is 0 Å². The third-order valence-electron chi connectivity index (χ3n) is 5.00. The lowest BCUT2D eigenvalue weighted by Gasteiger charge is -2.10. The maximum Gasteiger partial charge on any atom is 0.0497 e. The predicted octanol–water partition coefficient (Wildman–Crippen LogP) is 5.65. The number of rotatable bonds is 5. The molecular formula is C27H29NO. The standard InChI is InChI=1S/C16H19NO.C11H10/c17-9-3-4-14(12-18)10-13-7-8-15-5-1-2-6-16(15)11-13;1-9-6-7-10-4-2-3-5-11(10)8-9/h1-8,11,14,18H,9-10,12,17H2;2-8H,1H3/b4-3+;. The lowest BCUT2D eigenvalue weighted by atomic mass is 9.97. The van der Waals surface area contributed by atoms with Gasteiger partial charge in [0.1, 0.15) is 0 Å². The predicted molar refractivity (Wildman–Crippen MR) is 125 cm³/mol. The molecule has 0 aliphatic rings. The fourth-order valence-corrected chi connectivity index (χ4v) is 3.44. The van der Waals surface area contributed by atoms with Gasteiger partial charge in [0.05, 0.1) is 0 Å². The highest BCUT2D eigenvalue weighted by Crippen LogP contribution is 2.18. The summed E-state index contributed by atoms with van der Waals surface area (Å²) in [6, 6.07) is 29.7. The second-order valence-corrected chi connectivity index (χ2v) is 7.34. The molecule has 3 N–H and O–H groups in total. The van der Waals surface area contributed by atoms with Gasteiger partial charge in [-0.2, -0.15) is 0 Å². The molecule has 0 amide bonds. The van der Waals surface area contributed by atoms with Gasteiger partial charge >= 0.3 is 0 Å². The fraction of sp³-hybridized carbons (Fsp3) is 0.185. The van der Waals surface area contributed by atoms with Crippen LogP contribution in [0, 0.1) is 12.8 Å².